The van der Waals surface area contributed by atoms with E-state index in [1.807, 2.05) is 13.0 Å². The van der Waals surface area contributed by atoms with Gasteiger partial charge in [0.1, 0.15) is 11.6 Å². The molecule has 0 saturated carbocycles. The number of amides is 1. The van der Waals surface area contributed by atoms with E-state index in [1.165, 1.54) is 18.2 Å². The molecular formula is C13H10BrClN2O2. The Bertz CT molecular complexity index is 647. The minimum Gasteiger partial charge on any atom is -0.506 e. The molecule has 2 N–H and O–H groups in total. The number of pyridine rings is 1. The van der Waals surface area contributed by atoms with Crippen molar-refractivity contribution >= 4 is 39.3 Å². The first kappa shape index (κ1) is 13.8. The van der Waals surface area contributed by atoms with E-state index in [2.05, 4.69) is 26.2 Å². The molecule has 0 unspecified atom stereocenters. The summed E-state index contributed by atoms with van der Waals surface area (Å²) in [5, 5.41) is 12.1. The van der Waals surface area contributed by atoms with Gasteiger partial charge in [0.2, 0.25) is 0 Å². The molecular weight excluding hydrogens is 332 g/mol. The molecule has 0 atom stereocenters. The lowest BCUT2D eigenvalue weighted by Crippen LogP contribution is -2.13. The van der Waals surface area contributed by atoms with Crippen molar-refractivity contribution in [1.82, 2.24) is 4.98 Å². The van der Waals surface area contributed by atoms with Crippen LogP contribution in [-0.4, -0.2) is 16.0 Å². The average Bonchev–Trinajstić information content (AvgIpc) is 2.36. The zero-order chi connectivity index (χ0) is 14.0. The van der Waals surface area contributed by atoms with E-state index in [0.717, 1.165) is 10.0 Å². The van der Waals surface area contributed by atoms with Crippen LogP contribution in [0.25, 0.3) is 0 Å². The smallest absolute Gasteiger partial charge is 0.256 e. The number of rotatable bonds is 2. The number of hydrogen-bond acceptors (Lipinski definition) is 3. The second-order valence-electron chi connectivity index (χ2n) is 3.94. The first-order valence-electron chi connectivity index (χ1n) is 5.39. The molecule has 1 aromatic carbocycles. The van der Waals surface area contributed by atoms with Gasteiger partial charge in [-0.3, -0.25) is 4.79 Å². The van der Waals surface area contributed by atoms with E-state index in [4.69, 9.17) is 11.6 Å². The van der Waals surface area contributed by atoms with Crippen molar-refractivity contribution in [3.63, 3.8) is 0 Å². The first-order valence-corrected chi connectivity index (χ1v) is 6.56. The Morgan fingerprint density at radius 3 is 2.79 bits per heavy atom. The first-order chi connectivity index (χ1) is 8.97. The van der Waals surface area contributed by atoms with Crippen molar-refractivity contribution in [3.8, 4) is 5.75 Å². The monoisotopic (exact) mass is 340 g/mol. The van der Waals surface area contributed by atoms with Gasteiger partial charge >= 0.3 is 0 Å². The minimum atomic E-state index is -0.333. The van der Waals surface area contributed by atoms with Gasteiger partial charge in [-0.05, 0) is 52.7 Å². The lowest BCUT2D eigenvalue weighted by molar-refractivity contribution is 0.102. The van der Waals surface area contributed by atoms with E-state index in [-0.39, 0.29) is 16.7 Å². The third kappa shape index (κ3) is 3.24. The molecule has 0 spiro atoms. The molecule has 1 aromatic heterocycles. The molecule has 4 nitrogen and oxygen atoms in total. The Kier molecular flexibility index (Phi) is 4.07. The van der Waals surface area contributed by atoms with Gasteiger partial charge in [-0.25, -0.2) is 4.98 Å². The Labute approximate surface area is 123 Å². The number of phenols is 1. The summed E-state index contributed by atoms with van der Waals surface area (Å²) in [6, 6.07) is 6.12. The van der Waals surface area contributed by atoms with Crippen LogP contribution in [0.5, 0.6) is 5.75 Å². The Hall–Kier alpha value is -1.59. The van der Waals surface area contributed by atoms with Gasteiger partial charge < -0.3 is 10.4 Å². The van der Waals surface area contributed by atoms with Crippen molar-refractivity contribution < 1.29 is 9.90 Å². The Morgan fingerprint density at radius 2 is 2.16 bits per heavy atom. The van der Waals surface area contributed by atoms with Crippen LogP contribution in [0.4, 0.5) is 5.82 Å². The van der Waals surface area contributed by atoms with E-state index in [0.29, 0.717) is 11.4 Å². The average molecular weight is 342 g/mol. The predicted molar refractivity (Wildman–Crippen MR) is 77.7 cm³/mol. The molecule has 2 aromatic rings. The van der Waals surface area contributed by atoms with E-state index in [9.17, 15) is 9.90 Å². The van der Waals surface area contributed by atoms with Crippen molar-refractivity contribution in [3.05, 3.63) is 51.1 Å². The SMILES string of the molecule is Cc1cc(Br)cnc1NC(=O)c1ccc(O)c(Cl)c1. The number of aryl methyl sites for hydroxylation is 1. The number of phenolic OH excluding ortho intramolecular Hbond substituents is 1. The molecule has 98 valence electrons. The zero-order valence-electron chi connectivity index (χ0n) is 9.95. The normalized spacial score (nSPS) is 10.3. The molecule has 0 bridgehead atoms. The molecule has 0 aliphatic rings. The fourth-order valence-corrected chi connectivity index (χ4v) is 2.13. The number of carbonyl (C=O) groups excluding carboxylic acids is 1. The number of nitrogens with one attached hydrogen (secondary N) is 1. The summed E-state index contributed by atoms with van der Waals surface area (Å²) in [4.78, 5) is 16.1. The summed E-state index contributed by atoms with van der Waals surface area (Å²) in [6.07, 6.45) is 1.60. The summed E-state index contributed by atoms with van der Waals surface area (Å²) in [5.41, 5.74) is 1.19. The fourth-order valence-electron chi connectivity index (χ4n) is 1.50. The number of nitrogens with zero attached hydrogens (tertiary/aromatic N) is 1. The number of aromatic hydroxyl groups is 1. The molecule has 2 rings (SSSR count). The number of aromatic nitrogens is 1. The van der Waals surface area contributed by atoms with Crippen molar-refractivity contribution in [2.45, 2.75) is 6.92 Å². The molecule has 0 fully saturated rings. The summed E-state index contributed by atoms with van der Waals surface area (Å²) < 4.78 is 0.843. The van der Waals surface area contributed by atoms with E-state index >= 15 is 0 Å². The highest BCUT2D eigenvalue weighted by Gasteiger charge is 2.10. The highest BCUT2D eigenvalue weighted by molar-refractivity contribution is 9.10. The largest absolute Gasteiger partial charge is 0.506 e. The highest BCUT2D eigenvalue weighted by Crippen LogP contribution is 2.24. The van der Waals surface area contributed by atoms with Crippen molar-refractivity contribution in [1.29, 1.82) is 0 Å². The zero-order valence-corrected chi connectivity index (χ0v) is 12.3. The lowest BCUT2D eigenvalue weighted by Gasteiger charge is -2.08. The second-order valence-corrected chi connectivity index (χ2v) is 5.26. The van der Waals surface area contributed by atoms with Crippen LogP contribution in [0, 0.1) is 6.92 Å². The van der Waals surface area contributed by atoms with Gasteiger partial charge in [-0.1, -0.05) is 11.6 Å². The Balaban J connectivity index is 2.23. The van der Waals surface area contributed by atoms with Crippen LogP contribution in [0.1, 0.15) is 15.9 Å². The van der Waals surface area contributed by atoms with Crippen LogP contribution in [0.2, 0.25) is 5.02 Å². The second kappa shape index (κ2) is 5.59. The summed E-state index contributed by atoms with van der Waals surface area (Å²) in [5.74, 6) is 0.0911. The topological polar surface area (TPSA) is 62.2 Å². The third-order valence-electron chi connectivity index (χ3n) is 2.49. The quantitative estimate of drug-likeness (QED) is 0.874. The van der Waals surface area contributed by atoms with E-state index < -0.39 is 0 Å². The van der Waals surface area contributed by atoms with E-state index in [1.54, 1.807) is 6.20 Å². The molecule has 0 aliphatic heterocycles. The van der Waals surface area contributed by atoms with Gasteiger partial charge in [0.25, 0.3) is 5.91 Å². The number of anilines is 1. The van der Waals surface area contributed by atoms with Crippen LogP contribution in [0.3, 0.4) is 0 Å². The third-order valence-corrected chi connectivity index (χ3v) is 3.22. The maximum absolute atomic E-state index is 12.0. The Morgan fingerprint density at radius 1 is 1.42 bits per heavy atom. The van der Waals surface area contributed by atoms with Gasteiger partial charge in [0, 0.05) is 16.2 Å². The van der Waals surface area contributed by atoms with Crippen LogP contribution in [0.15, 0.2) is 34.9 Å². The van der Waals surface area contributed by atoms with Gasteiger partial charge in [-0.15, -0.1) is 0 Å². The molecule has 0 aliphatic carbocycles. The molecule has 1 amide bonds. The number of carbonyl (C=O) groups is 1. The number of hydrogen-bond donors (Lipinski definition) is 2. The predicted octanol–water partition coefficient (Wildman–Crippen LogP) is 3.76. The van der Waals surface area contributed by atoms with Crippen LogP contribution >= 0.6 is 27.5 Å². The maximum Gasteiger partial charge on any atom is 0.256 e. The molecule has 0 saturated heterocycles. The van der Waals surface area contributed by atoms with Crippen molar-refractivity contribution in [2.75, 3.05) is 5.32 Å². The molecule has 19 heavy (non-hydrogen) atoms. The summed E-state index contributed by atoms with van der Waals surface area (Å²) >= 11 is 9.07. The number of halogens is 2. The van der Waals surface area contributed by atoms with Gasteiger partial charge in [0.05, 0.1) is 5.02 Å². The fraction of sp³-hybridized carbons (Fsp3) is 0.0769. The maximum atomic E-state index is 12.0. The van der Waals surface area contributed by atoms with Crippen LogP contribution < -0.4 is 5.32 Å². The van der Waals surface area contributed by atoms with Crippen LogP contribution in [-0.2, 0) is 0 Å². The van der Waals surface area contributed by atoms with Gasteiger partial charge in [0.15, 0.2) is 0 Å². The summed E-state index contributed by atoms with van der Waals surface area (Å²) in [6.45, 7) is 1.84. The minimum absolute atomic E-state index is 0.0591. The van der Waals surface area contributed by atoms with Gasteiger partial charge in [-0.2, -0.15) is 0 Å². The summed E-state index contributed by atoms with van der Waals surface area (Å²) in [7, 11) is 0. The van der Waals surface area contributed by atoms with Crippen molar-refractivity contribution in [2.24, 2.45) is 0 Å². The molecule has 1 heterocycles. The number of benzene rings is 1. The lowest BCUT2D eigenvalue weighted by atomic mass is 10.2. The molecule has 0 radical (unpaired) electrons. The highest BCUT2D eigenvalue weighted by atomic mass is 79.9. The standard InChI is InChI=1S/C13H10BrClN2O2/c1-7-4-9(14)6-16-12(7)17-13(19)8-2-3-11(18)10(15)5-8/h2-6,18H,1H3,(H,16,17,19). The molecule has 6 heteroatoms.